The lowest BCUT2D eigenvalue weighted by Crippen LogP contribution is -2.51. The lowest BCUT2D eigenvalue weighted by Gasteiger charge is -2.30. The van der Waals surface area contributed by atoms with Crippen molar-refractivity contribution in [3.05, 3.63) is 64.6 Å². The van der Waals surface area contributed by atoms with E-state index in [1.54, 1.807) is 55.6 Å². The van der Waals surface area contributed by atoms with E-state index < -0.39 is 11.7 Å². The predicted octanol–water partition coefficient (Wildman–Crippen LogP) is 1.41. The van der Waals surface area contributed by atoms with E-state index in [-0.39, 0.29) is 43.6 Å². The van der Waals surface area contributed by atoms with Gasteiger partial charge in [0, 0.05) is 24.4 Å². The van der Waals surface area contributed by atoms with Crippen molar-refractivity contribution >= 4 is 17.5 Å². The molecule has 4 rings (SSSR count). The van der Waals surface area contributed by atoms with Crippen LogP contribution in [-0.2, 0) is 20.9 Å². The summed E-state index contributed by atoms with van der Waals surface area (Å²) in [6.07, 6.45) is -1.10. The van der Waals surface area contributed by atoms with Crippen LogP contribution in [0.5, 0.6) is 11.5 Å². The fraction of sp³-hybridized carbons (Fsp3) is 0.333. The number of hydrogen-bond acceptors (Lipinski definition) is 7. The van der Waals surface area contributed by atoms with E-state index in [0.717, 1.165) is 0 Å². The van der Waals surface area contributed by atoms with Gasteiger partial charge in [-0.05, 0) is 53.3 Å². The zero-order chi connectivity index (χ0) is 24.8. The highest BCUT2D eigenvalue weighted by Crippen LogP contribution is 2.18. The van der Waals surface area contributed by atoms with Crippen molar-refractivity contribution in [2.45, 2.75) is 26.0 Å². The highest BCUT2D eigenvalue weighted by molar-refractivity contribution is 5.95. The van der Waals surface area contributed by atoms with Crippen molar-refractivity contribution in [3.63, 3.8) is 0 Å². The number of carbonyl (C=O) groups is 2. The Labute approximate surface area is 201 Å². The molecule has 184 valence electrons. The number of rotatable bonds is 9. The first kappa shape index (κ1) is 24.0. The molecule has 1 fully saturated rings. The maximum atomic E-state index is 13.0. The van der Waals surface area contributed by atoms with Crippen LogP contribution in [-0.4, -0.2) is 55.0 Å². The summed E-state index contributed by atoms with van der Waals surface area (Å²) in [6.45, 7) is 2.96. The number of ether oxygens (including phenoxy) is 3. The summed E-state index contributed by atoms with van der Waals surface area (Å²) in [5.41, 5.74) is 0.871. The molecule has 2 aromatic carbocycles. The van der Waals surface area contributed by atoms with Crippen LogP contribution in [0, 0.1) is 0 Å². The molecule has 0 saturated carbocycles. The fourth-order valence-corrected chi connectivity index (χ4v) is 3.72. The quantitative estimate of drug-likeness (QED) is 0.441. The molecule has 0 radical (unpaired) electrons. The number of benzene rings is 2. The zero-order valence-electron chi connectivity index (χ0n) is 19.5. The molecule has 0 bridgehead atoms. The second kappa shape index (κ2) is 10.9. The van der Waals surface area contributed by atoms with E-state index in [9.17, 15) is 14.4 Å². The van der Waals surface area contributed by atoms with Gasteiger partial charge in [0.25, 0.3) is 5.91 Å². The van der Waals surface area contributed by atoms with Gasteiger partial charge in [-0.25, -0.2) is 4.79 Å². The van der Waals surface area contributed by atoms with Crippen LogP contribution in [0.25, 0.3) is 5.69 Å². The minimum absolute atomic E-state index is 0.00291. The third kappa shape index (κ3) is 5.69. The largest absolute Gasteiger partial charge is 0.497 e. The van der Waals surface area contributed by atoms with E-state index in [1.807, 2.05) is 6.92 Å². The van der Waals surface area contributed by atoms with Crippen molar-refractivity contribution < 1.29 is 33.0 Å². The van der Waals surface area contributed by atoms with Crippen LogP contribution in [0.1, 0.15) is 19.0 Å². The molecular formula is C24H27N4O7+. The van der Waals surface area contributed by atoms with Gasteiger partial charge in [0.15, 0.2) is 0 Å². The third-order valence-electron chi connectivity index (χ3n) is 5.49. The summed E-state index contributed by atoms with van der Waals surface area (Å²) in [5.74, 6) is 0.633. The lowest BCUT2D eigenvalue weighted by atomic mass is 10.1. The number of nitrogens with zero attached hydrogens (tertiary/aromatic N) is 2. The summed E-state index contributed by atoms with van der Waals surface area (Å²) in [5, 5.41) is 5.32. The smallest absolute Gasteiger partial charge is 0.432 e. The molecular weight excluding hydrogens is 456 g/mol. The fourth-order valence-electron chi connectivity index (χ4n) is 3.72. The molecule has 1 atom stereocenters. The monoisotopic (exact) mass is 483 g/mol. The first-order valence-corrected chi connectivity index (χ1v) is 11.2. The Morgan fingerprint density at radius 3 is 2.54 bits per heavy atom. The zero-order valence-corrected chi connectivity index (χ0v) is 19.5. The van der Waals surface area contributed by atoms with E-state index in [4.69, 9.17) is 18.7 Å². The van der Waals surface area contributed by atoms with Crippen molar-refractivity contribution in [2.24, 2.45) is 0 Å². The Morgan fingerprint density at radius 1 is 1.14 bits per heavy atom. The van der Waals surface area contributed by atoms with Crippen molar-refractivity contribution in [2.75, 3.05) is 32.2 Å². The van der Waals surface area contributed by atoms with Gasteiger partial charge in [0.05, 0.1) is 26.7 Å². The van der Waals surface area contributed by atoms with Crippen molar-refractivity contribution in [1.82, 2.24) is 10.2 Å². The summed E-state index contributed by atoms with van der Waals surface area (Å²) in [7, 11) is 1.56. The number of nitrogens with one attached hydrogen (secondary N) is 2. The molecule has 2 N–H and O–H groups in total. The Hall–Kier alpha value is -4.12. The number of morpholine rings is 1. The molecule has 0 aliphatic carbocycles. The van der Waals surface area contributed by atoms with Crippen LogP contribution < -0.4 is 25.1 Å². The molecule has 1 aromatic heterocycles. The molecule has 11 nitrogen and oxygen atoms in total. The van der Waals surface area contributed by atoms with Gasteiger partial charge in [-0.3, -0.25) is 14.1 Å². The second-order valence-electron chi connectivity index (χ2n) is 7.79. The number of hydrogen-bond donors (Lipinski definition) is 2. The van der Waals surface area contributed by atoms with Gasteiger partial charge in [-0.1, -0.05) is 0 Å². The Kier molecular flexibility index (Phi) is 7.46. The first-order chi connectivity index (χ1) is 17.0. The summed E-state index contributed by atoms with van der Waals surface area (Å²) in [6, 6.07) is 14.0. The molecule has 1 saturated heterocycles. The maximum absolute atomic E-state index is 13.0. The molecule has 1 aliphatic rings. The van der Waals surface area contributed by atoms with Crippen LogP contribution >= 0.6 is 0 Å². The molecule has 0 spiro atoms. The van der Waals surface area contributed by atoms with Crippen molar-refractivity contribution in [3.8, 4) is 17.2 Å². The van der Waals surface area contributed by atoms with Gasteiger partial charge >= 0.3 is 11.3 Å². The number of H-pyrrole nitrogens is 1. The topological polar surface area (TPSA) is 127 Å². The summed E-state index contributed by atoms with van der Waals surface area (Å²) in [4.78, 5) is 39.4. The van der Waals surface area contributed by atoms with Crippen LogP contribution in [0.3, 0.4) is 0 Å². The molecule has 1 unspecified atom stereocenters. The second-order valence-corrected chi connectivity index (χ2v) is 7.79. The maximum Gasteiger partial charge on any atom is 0.432 e. The van der Waals surface area contributed by atoms with Gasteiger partial charge < -0.3 is 24.4 Å². The van der Waals surface area contributed by atoms with Gasteiger partial charge in [-0.15, -0.1) is 0 Å². The number of methoxy groups -OCH3 is 1. The van der Waals surface area contributed by atoms with Crippen LogP contribution in [0.15, 0.2) is 57.8 Å². The third-order valence-corrected chi connectivity index (χ3v) is 5.49. The Balaban J connectivity index is 1.41. The Bertz CT molecular complexity index is 1220. The number of aromatic nitrogens is 2. The predicted molar refractivity (Wildman–Crippen MR) is 123 cm³/mol. The van der Waals surface area contributed by atoms with Crippen LogP contribution in [0.2, 0.25) is 0 Å². The Morgan fingerprint density at radius 2 is 1.86 bits per heavy atom. The molecule has 11 heteroatoms. The lowest BCUT2D eigenvalue weighted by molar-refractivity contribution is -0.678. The van der Waals surface area contributed by atoms with E-state index in [1.165, 1.54) is 9.58 Å². The number of anilines is 1. The van der Waals surface area contributed by atoms with Crippen LogP contribution in [0.4, 0.5) is 5.69 Å². The molecule has 2 heterocycles. The molecule has 35 heavy (non-hydrogen) atoms. The highest BCUT2D eigenvalue weighted by atomic mass is 16.5. The van der Waals surface area contributed by atoms with Gasteiger partial charge in [0.2, 0.25) is 11.6 Å². The molecule has 3 aromatic rings. The van der Waals surface area contributed by atoms with Crippen molar-refractivity contribution in [1.29, 1.82) is 0 Å². The van der Waals surface area contributed by atoms with E-state index in [2.05, 4.69) is 10.6 Å². The molecule has 1 aliphatic heterocycles. The van der Waals surface area contributed by atoms with Gasteiger partial charge in [0.1, 0.15) is 24.1 Å². The minimum Gasteiger partial charge on any atom is -0.497 e. The first-order valence-electron chi connectivity index (χ1n) is 11.2. The molecule has 2 amide bonds. The standard InChI is InChI=1S/C24H26N4O7/c1-3-33-19-8-4-16(5-9-19)25-22(29)14-21-23(30)27(12-13-34-21)15-20-24(31)35-26-28(20)17-6-10-18(32-2)11-7-17/h4-11,21H,3,12-15H2,1-2H3,(H-,25,26,29,31)/p+1. The number of amides is 2. The van der Waals surface area contributed by atoms with E-state index >= 15 is 0 Å². The highest BCUT2D eigenvalue weighted by Gasteiger charge is 2.35. The number of aromatic amines is 1. The SMILES string of the molecule is CCOc1ccc(NC(=O)CC2OCCN(Cc3c(=O)o[nH][n+]3-c3ccc(OC)cc3)C2=O)cc1. The average Bonchev–Trinajstić information content (AvgIpc) is 3.23. The minimum atomic E-state index is -0.952. The average molecular weight is 484 g/mol. The summed E-state index contributed by atoms with van der Waals surface area (Å²) >= 11 is 0. The number of carbonyl (C=O) groups excluding carboxylic acids is 2. The normalized spacial score (nSPS) is 15.7. The van der Waals surface area contributed by atoms with Gasteiger partial charge in [-0.2, -0.15) is 0 Å². The van der Waals surface area contributed by atoms with E-state index in [0.29, 0.717) is 29.5 Å². The summed E-state index contributed by atoms with van der Waals surface area (Å²) < 4.78 is 22.6.